The summed E-state index contributed by atoms with van der Waals surface area (Å²) in [4.78, 5) is 13.3. The van der Waals surface area contributed by atoms with Crippen molar-refractivity contribution >= 4 is 21.8 Å². The fourth-order valence-corrected chi connectivity index (χ4v) is 1.91. The van der Waals surface area contributed by atoms with Crippen LogP contribution in [0.2, 0.25) is 0 Å². The molecular formula is C13H18BrNO2. The molecule has 0 bridgehead atoms. The number of halogens is 1. The highest BCUT2D eigenvalue weighted by molar-refractivity contribution is 9.10. The van der Waals surface area contributed by atoms with Crippen LogP contribution in [0.4, 0.5) is 0 Å². The van der Waals surface area contributed by atoms with Crippen molar-refractivity contribution < 1.29 is 9.53 Å². The van der Waals surface area contributed by atoms with E-state index in [9.17, 15) is 4.79 Å². The molecule has 1 unspecified atom stereocenters. The molecule has 0 aliphatic rings. The summed E-state index contributed by atoms with van der Waals surface area (Å²) in [6.07, 6.45) is 0. The molecule has 1 atom stereocenters. The number of rotatable bonds is 5. The number of hydrogen-bond acceptors (Lipinski definition) is 2. The van der Waals surface area contributed by atoms with Gasteiger partial charge in [-0.05, 0) is 31.5 Å². The van der Waals surface area contributed by atoms with E-state index in [-0.39, 0.29) is 10.7 Å². The molecule has 0 aliphatic heterocycles. The van der Waals surface area contributed by atoms with Gasteiger partial charge in [-0.25, -0.2) is 0 Å². The zero-order valence-electron chi connectivity index (χ0n) is 10.4. The largest absolute Gasteiger partial charge is 0.494 e. The Morgan fingerprint density at radius 1 is 1.53 bits per heavy atom. The fourth-order valence-electron chi connectivity index (χ4n) is 1.56. The number of benzene rings is 1. The molecule has 17 heavy (non-hydrogen) atoms. The van der Waals surface area contributed by atoms with Gasteiger partial charge in [-0.1, -0.05) is 28.1 Å². The Hall–Kier alpha value is -1.03. The smallest absolute Gasteiger partial charge is 0.236 e. The van der Waals surface area contributed by atoms with Crippen molar-refractivity contribution in [3.8, 4) is 5.75 Å². The normalized spacial score (nSPS) is 12.0. The zero-order valence-corrected chi connectivity index (χ0v) is 12.0. The summed E-state index contributed by atoms with van der Waals surface area (Å²) in [7, 11) is 1.80. The summed E-state index contributed by atoms with van der Waals surface area (Å²) in [5.41, 5.74) is 1.07. The average Bonchev–Trinajstić information content (AvgIpc) is 2.28. The third-order valence-electron chi connectivity index (χ3n) is 2.35. The predicted molar refractivity (Wildman–Crippen MR) is 72.5 cm³/mol. The van der Waals surface area contributed by atoms with Crippen molar-refractivity contribution in [3.05, 3.63) is 29.8 Å². The summed E-state index contributed by atoms with van der Waals surface area (Å²) < 4.78 is 5.42. The Morgan fingerprint density at radius 2 is 2.24 bits per heavy atom. The SMILES string of the molecule is CCOc1cccc(CN(C)C(=O)C(C)Br)c1. The average molecular weight is 300 g/mol. The van der Waals surface area contributed by atoms with Crippen LogP contribution in [0.15, 0.2) is 24.3 Å². The van der Waals surface area contributed by atoms with Gasteiger partial charge >= 0.3 is 0 Å². The van der Waals surface area contributed by atoms with Crippen molar-refractivity contribution in [2.24, 2.45) is 0 Å². The van der Waals surface area contributed by atoms with Gasteiger partial charge in [0.1, 0.15) is 5.75 Å². The number of ether oxygens (including phenoxy) is 1. The second-order valence-electron chi connectivity index (χ2n) is 3.89. The van der Waals surface area contributed by atoms with Gasteiger partial charge < -0.3 is 9.64 Å². The Kier molecular flexibility index (Phi) is 5.48. The molecule has 0 spiro atoms. The van der Waals surface area contributed by atoms with Crippen molar-refractivity contribution in [2.45, 2.75) is 25.2 Å². The van der Waals surface area contributed by atoms with Gasteiger partial charge in [0.15, 0.2) is 0 Å². The molecule has 0 aliphatic carbocycles. The molecule has 0 N–H and O–H groups in total. The van der Waals surface area contributed by atoms with Crippen LogP contribution in [-0.4, -0.2) is 29.3 Å². The zero-order chi connectivity index (χ0) is 12.8. The maximum absolute atomic E-state index is 11.7. The summed E-state index contributed by atoms with van der Waals surface area (Å²) in [6.45, 7) is 5.02. The lowest BCUT2D eigenvalue weighted by Crippen LogP contribution is -2.31. The van der Waals surface area contributed by atoms with Crippen LogP contribution in [0.5, 0.6) is 5.75 Å². The van der Waals surface area contributed by atoms with Crippen molar-refractivity contribution in [1.29, 1.82) is 0 Å². The van der Waals surface area contributed by atoms with Gasteiger partial charge in [-0.3, -0.25) is 4.79 Å². The van der Waals surface area contributed by atoms with Crippen molar-refractivity contribution in [3.63, 3.8) is 0 Å². The van der Waals surface area contributed by atoms with E-state index in [0.717, 1.165) is 11.3 Å². The lowest BCUT2D eigenvalue weighted by Gasteiger charge is -2.19. The summed E-state index contributed by atoms with van der Waals surface area (Å²) >= 11 is 3.28. The van der Waals surface area contributed by atoms with Crippen molar-refractivity contribution in [1.82, 2.24) is 4.90 Å². The predicted octanol–water partition coefficient (Wildman–Crippen LogP) is 2.83. The molecule has 4 heteroatoms. The van der Waals surface area contributed by atoms with Gasteiger partial charge in [0.2, 0.25) is 5.91 Å². The minimum Gasteiger partial charge on any atom is -0.494 e. The first-order valence-corrected chi connectivity index (χ1v) is 6.57. The molecule has 0 saturated carbocycles. The van der Waals surface area contributed by atoms with Crippen molar-refractivity contribution in [2.75, 3.05) is 13.7 Å². The summed E-state index contributed by atoms with van der Waals surface area (Å²) in [6, 6.07) is 7.81. The molecule has 0 saturated heterocycles. The number of hydrogen-bond donors (Lipinski definition) is 0. The number of amides is 1. The van der Waals surface area contributed by atoms with Gasteiger partial charge in [0, 0.05) is 13.6 Å². The van der Waals surface area contributed by atoms with E-state index in [1.165, 1.54) is 0 Å². The van der Waals surface area contributed by atoms with Crippen LogP contribution in [0.3, 0.4) is 0 Å². The first kappa shape index (κ1) is 14.0. The standard InChI is InChI=1S/C13H18BrNO2/c1-4-17-12-7-5-6-11(8-12)9-15(3)13(16)10(2)14/h5-8,10H,4,9H2,1-3H3. The van der Waals surface area contributed by atoms with E-state index in [0.29, 0.717) is 13.2 Å². The lowest BCUT2D eigenvalue weighted by molar-refractivity contribution is -0.129. The van der Waals surface area contributed by atoms with E-state index in [1.807, 2.05) is 38.1 Å². The van der Waals surface area contributed by atoms with Crippen LogP contribution in [-0.2, 0) is 11.3 Å². The molecule has 3 nitrogen and oxygen atoms in total. The molecule has 1 amide bonds. The van der Waals surface area contributed by atoms with E-state index in [1.54, 1.807) is 11.9 Å². The highest BCUT2D eigenvalue weighted by atomic mass is 79.9. The van der Waals surface area contributed by atoms with Crippen LogP contribution in [0.1, 0.15) is 19.4 Å². The topological polar surface area (TPSA) is 29.5 Å². The van der Waals surface area contributed by atoms with Crippen LogP contribution in [0, 0.1) is 0 Å². The fraction of sp³-hybridized carbons (Fsp3) is 0.462. The number of carbonyl (C=O) groups excluding carboxylic acids is 1. The molecule has 0 heterocycles. The Balaban J connectivity index is 2.68. The molecule has 1 aromatic carbocycles. The van der Waals surface area contributed by atoms with Crippen LogP contribution < -0.4 is 4.74 Å². The molecule has 94 valence electrons. The monoisotopic (exact) mass is 299 g/mol. The first-order chi connectivity index (χ1) is 8.04. The van der Waals surface area contributed by atoms with Gasteiger partial charge in [0.05, 0.1) is 11.4 Å². The molecule has 0 fully saturated rings. The summed E-state index contributed by atoms with van der Waals surface area (Å²) in [5.74, 6) is 0.921. The second-order valence-corrected chi connectivity index (χ2v) is 5.26. The minimum atomic E-state index is -0.150. The summed E-state index contributed by atoms with van der Waals surface area (Å²) in [5, 5.41) is 0. The minimum absolute atomic E-state index is 0.0758. The van der Waals surface area contributed by atoms with Gasteiger partial charge in [-0.2, -0.15) is 0 Å². The lowest BCUT2D eigenvalue weighted by atomic mass is 10.2. The third-order valence-corrected chi connectivity index (χ3v) is 2.74. The molecule has 0 aromatic heterocycles. The number of nitrogens with zero attached hydrogens (tertiary/aromatic N) is 1. The van der Waals surface area contributed by atoms with Gasteiger partial charge in [-0.15, -0.1) is 0 Å². The molecular weight excluding hydrogens is 282 g/mol. The first-order valence-electron chi connectivity index (χ1n) is 5.65. The Labute approximate surface area is 111 Å². The Morgan fingerprint density at radius 3 is 2.82 bits per heavy atom. The number of carbonyl (C=O) groups is 1. The highest BCUT2D eigenvalue weighted by Gasteiger charge is 2.14. The maximum atomic E-state index is 11.7. The van der Waals surface area contributed by atoms with Gasteiger partial charge in [0.25, 0.3) is 0 Å². The Bertz CT molecular complexity index is 379. The molecule has 0 radical (unpaired) electrons. The number of alkyl halides is 1. The van der Waals surface area contributed by atoms with E-state index in [2.05, 4.69) is 15.9 Å². The maximum Gasteiger partial charge on any atom is 0.236 e. The quantitative estimate of drug-likeness (QED) is 0.783. The second kappa shape index (κ2) is 6.64. The third kappa shape index (κ3) is 4.38. The molecule has 1 rings (SSSR count). The van der Waals surface area contributed by atoms with E-state index >= 15 is 0 Å². The van der Waals surface area contributed by atoms with E-state index in [4.69, 9.17) is 4.74 Å². The van der Waals surface area contributed by atoms with Crippen LogP contribution >= 0.6 is 15.9 Å². The molecule has 1 aromatic rings. The highest BCUT2D eigenvalue weighted by Crippen LogP contribution is 2.15. The van der Waals surface area contributed by atoms with Crippen LogP contribution in [0.25, 0.3) is 0 Å². The van der Waals surface area contributed by atoms with E-state index < -0.39 is 0 Å².